The van der Waals surface area contributed by atoms with Crippen molar-refractivity contribution in [1.29, 1.82) is 0 Å². The molecule has 2 rings (SSSR count). The first-order valence-corrected chi connectivity index (χ1v) is 5.65. The summed E-state index contributed by atoms with van der Waals surface area (Å²) in [6.45, 7) is 1.94. The van der Waals surface area contributed by atoms with Crippen molar-refractivity contribution in [2.75, 3.05) is 0 Å². The molecule has 0 aliphatic carbocycles. The van der Waals surface area contributed by atoms with Gasteiger partial charge in [0.25, 0.3) is 0 Å². The molecule has 1 unspecified atom stereocenters. The van der Waals surface area contributed by atoms with Crippen molar-refractivity contribution in [3.05, 3.63) is 70.0 Å². The second-order valence-electron chi connectivity index (χ2n) is 3.99. The number of benzene rings is 2. The Hall–Kier alpha value is -1.38. The monoisotopic (exact) mass is 250 g/mol. The molecule has 0 aliphatic heterocycles. The molecule has 17 heavy (non-hydrogen) atoms. The van der Waals surface area contributed by atoms with Crippen LogP contribution >= 0.6 is 11.6 Å². The molecular formula is C14H12ClFO. The van der Waals surface area contributed by atoms with Crippen molar-refractivity contribution in [2.24, 2.45) is 0 Å². The highest BCUT2D eigenvalue weighted by molar-refractivity contribution is 6.30. The summed E-state index contributed by atoms with van der Waals surface area (Å²) in [5, 5.41) is 10.2. The highest BCUT2D eigenvalue weighted by Gasteiger charge is 2.12. The highest BCUT2D eigenvalue weighted by atomic mass is 35.5. The minimum absolute atomic E-state index is 0.0604. The van der Waals surface area contributed by atoms with E-state index in [1.807, 2.05) is 31.2 Å². The van der Waals surface area contributed by atoms with E-state index in [2.05, 4.69) is 0 Å². The second kappa shape index (κ2) is 4.86. The van der Waals surface area contributed by atoms with Gasteiger partial charge in [0.05, 0.1) is 5.02 Å². The number of rotatable bonds is 2. The van der Waals surface area contributed by atoms with E-state index in [0.29, 0.717) is 5.56 Å². The summed E-state index contributed by atoms with van der Waals surface area (Å²) in [6.07, 6.45) is -0.832. The van der Waals surface area contributed by atoms with E-state index in [4.69, 9.17) is 11.6 Å². The highest BCUT2D eigenvalue weighted by Crippen LogP contribution is 2.25. The van der Waals surface area contributed by atoms with Gasteiger partial charge in [0.15, 0.2) is 0 Å². The second-order valence-corrected chi connectivity index (χ2v) is 4.40. The van der Waals surface area contributed by atoms with Crippen LogP contribution in [0, 0.1) is 12.7 Å². The average Bonchev–Trinajstić information content (AvgIpc) is 2.32. The Bertz CT molecular complexity index is 539. The lowest BCUT2D eigenvalue weighted by atomic mass is 10.00. The Morgan fingerprint density at radius 1 is 1.12 bits per heavy atom. The third kappa shape index (κ3) is 2.65. The lowest BCUT2D eigenvalue weighted by molar-refractivity contribution is 0.219. The topological polar surface area (TPSA) is 20.2 Å². The van der Waals surface area contributed by atoms with Gasteiger partial charge in [0, 0.05) is 0 Å². The van der Waals surface area contributed by atoms with Crippen LogP contribution in [0.3, 0.4) is 0 Å². The summed E-state index contributed by atoms with van der Waals surface area (Å²) in [5.41, 5.74) is 2.29. The minimum Gasteiger partial charge on any atom is -0.384 e. The van der Waals surface area contributed by atoms with E-state index < -0.39 is 11.9 Å². The molecule has 1 atom stereocenters. The van der Waals surface area contributed by atoms with Crippen LogP contribution in [-0.2, 0) is 0 Å². The molecule has 0 saturated heterocycles. The van der Waals surface area contributed by atoms with Crippen molar-refractivity contribution < 1.29 is 9.50 Å². The standard InChI is InChI=1S/C14H12ClFO/c1-9-3-2-4-10(7-9)14(17)11-5-6-12(15)13(16)8-11/h2-8,14,17H,1H3. The van der Waals surface area contributed by atoms with Crippen LogP contribution < -0.4 is 0 Å². The van der Waals surface area contributed by atoms with Gasteiger partial charge in [0.2, 0.25) is 0 Å². The molecule has 0 spiro atoms. The van der Waals surface area contributed by atoms with Gasteiger partial charge >= 0.3 is 0 Å². The van der Waals surface area contributed by atoms with Crippen molar-refractivity contribution in [2.45, 2.75) is 13.0 Å². The van der Waals surface area contributed by atoms with Gasteiger partial charge < -0.3 is 5.11 Å². The fourth-order valence-corrected chi connectivity index (χ4v) is 1.83. The molecule has 2 aromatic carbocycles. The predicted octanol–water partition coefficient (Wildman–Crippen LogP) is 3.87. The van der Waals surface area contributed by atoms with Crippen LogP contribution in [0.5, 0.6) is 0 Å². The van der Waals surface area contributed by atoms with Crippen molar-refractivity contribution in [3.8, 4) is 0 Å². The number of hydrogen-bond acceptors (Lipinski definition) is 1. The third-order valence-corrected chi connectivity index (χ3v) is 2.92. The first-order chi connectivity index (χ1) is 8.08. The van der Waals surface area contributed by atoms with Crippen LogP contribution in [0.15, 0.2) is 42.5 Å². The molecule has 1 N–H and O–H groups in total. The molecule has 1 nitrogen and oxygen atoms in total. The van der Waals surface area contributed by atoms with E-state index in [9.17, 15) is 9.50 Å². The van der Waals surface area contributed by atoms with Crippen molar-refractivity contribution in [1.82, 2.24) is 0 Å². The summed E-state index contributed by atoms with van der Waals surface area (Å²) in [4.78, 5) is 0. The predicted molar refractivity (Wildman–Crippen MR) is 66.7 cm³/mol. The molecule has 0 radical (unpaired) electrons. The van der Waals surface area contributed by atoms with Crippen LogP contribution in [-0.4, -0.2) is 5.11 Å². The molecule has 0 aliphatic rings. The Kier molecular flexibility index (Phi) is 3.46. The lowest BCUT2D eigenvalue weighted by Crippen LogP contribution is -2.00. The van der Waals surface area contributed by atoms with Gasteiger partial charge in [-0.05, 0) is 30.2 Å². The third-order valence-electron chi connectivity index (χ3n) is 2.62. The van der Waals surface area contributed by atoms with E-state index in [0.717, 1.165) is 11.1 Å². The molecule has 0 saturated carbocycles. The maximum atomic E-state index is 13.3. The van der Waals surface area contributed by atoms with E-state index in [1.165, 1.54) is 12.1 Å². The van der Waals surface area contributed by atoms with Gasteiger partial charge in [-0.2, -0.15) is 0 Å². The van der Waals surface area contributed by atoms with Crippen molar-refractivity contribution >= 4 is 11.6 Å². The van der Waals surface area contributed by atoms with Gasteiger partial charge in [-0.1, -0.05) is 47.5 Å². The van der Waals surface area contributed by atoms with Gasteiger partial charge in [-0.3, -0.25) is 0 Å². The minimum atomic E-state index is -0.832. The first kappa shape index (κ1) is 12.1. The maximum Gasteiger partial charge on any atom is 0.142 e. The Labute approximate surface area is 104 Å². The number of aryl methyl sites for hydroxylation is 1. The first-order valence-electron chi connectivity index (χ1n) is 5.27. The normalized spacial score (nSPS) is 12.5. The van der Waals surface area contributed by atoms with Crippen LogP contribution in [0.1, 0.15) is 22.8 Å². The van der Waals surface area contributed by atoms with Crippen LogP contribution in [0.2, 0.25) is 5.02 Å². The van der Waals surface area contributed by atoms with Crippen LogP contribution in [0.25, 0.3) is 0 Å². The molecule has 0 amide bonds. The van der Waals surface area contributed by atoms with Crippen molar-refractivity contribution in [3.63, 3.8) is 0 Å². The van der Waals surface area contributed by atoms with E-state index in [1.54, 1.807) is 6.07 Å². The van der Waals surface area contributed by atoms with Gasteiger partial charge in [0.1, 0.15) is 11.9 Å². The Morgan fingerprint density at radius 2 is 1.82 bits per heavy atom. The van der Waals surface area contributed by atoms with E-state index in [-0.39, 0.29) is 5.02 Å². The maximum absolute atomic E-state index is 13.3. The SMILES string of the molecule is Cc1cccc(C(O)c2ccc(Cl)c(F)c2)c1. The molecular weight excluding hydrogens is 239 g/mol. The average molecular weight is 251 g/mol. The summed E-state index contributed by atoms with van der Waals surface area (Å²) >= 11 is 5.60. The zero-order valence-corrected chi connectivity index (χ0v) is 10.1. The van der Waals surface area contributed by atoms with Gasteiger partial charge in [-0.15, -0.1) is 0 Å². The fourth-order valence-electron chi connectivity index (χ4n) is 1.72. The van der Waals surface area contributed by atoms with E-state index >= 15 is 0 Å². The molecule has 0 fully saturated rings. The smallest absolute Gasteiger partial charge is 0.142 e. The molecule has 0 bridgehead atoms. The lowest BCUT2D eigenvalue weighted by Gasteiger charge is -2.12. The zero-order chi connectivity index (χ0) is 12.4. The molecule has 0 heterocycles. The Balaban J connectivity index is 2.36. The number of aliphatic hydroxyl groups excluding tert-OH is 1. The summed E-state index contributed by atoms with van der Waals surface area (Å²) in [7, 11) is 0. The molecule has 0 aromatic heterocycles. The summed E-state index contributed by atoms with van der Waals surface area (Å²) in [6, 6.07) is 11.8. The number of halogens is 2. The summed E-state index contributed by atoms with van der Waals surface area (Å²) in [5.74, 6) is -0.518. The van der Waals surface area contributed by atoms with Crippen LogP contribution in [0.4, 0.5) is 4.39 Å². The molecule has 2 aromatic rings. The molecule has 3 heteroatoms. The summed E-state index contributed by atoms with van der Waals surface area (Å²) < 4.78 is 13.3. The fraction of sp³-hybridized carbons (Fsp3) is 0.143. The Morgan fingerprint density at radius 3 is 2.47 bits per heavy atom. The number of hydrogen-bond donors (Lipinski definition) is 1. The van der Waals surface area contributed by atoms with Gasteiger partial charge in [-0.25, -0.2) is 4.39 Å². The largest absolute Gasteiger partial charge is 0.384 e. The number of aliphatic hydroxyl groups is 1. The molecule has 88 valence electrons. The zero-order valence-electron chi connectivity index (χ0n) is 9.32. The quantitative estimate of drug-likeness (QED) is 0.858.